The molecule has 0 aliphatic carbocycles. The molecule has 116 valence electrons. The number of amides is 2. The summed E-state index contributed by atoms with van der Waals surface area (Å²) in [5.41, 5.74) is 0.549. The Hall–Kier alpha value is -1.31. The maximum absolute atomic E-state index is 12.1. The van der Waals surface area contributed by atoms with E-state index in [0.29, 0.717) is 36.9 Å². The number of carbonyl (C=O) groups is 1. The van der Waals surface area contributed by atoms with E-state index in [4.69, 9.17) is 11.6 Å². The lowest BCUT2D eigenvalue weighted by atomic mass is 10.3. The van der Waals surface area contributed by atoms with Crippen molar-refractivity contribution in [3.8, 4) is 0 Å². The highest BCUT2D eigenvalue weighted by molar-refractivity contribution is 7.89. The number of nitrogens with zero attached hydrogens (tertiary/aromatic N) is 2. The zero-order chi connectivity index (χ0) is 15.5. The topological polar surface area (TPSA) is 69.7 Å². The van der Waals surface area contributed by atoms with Crippen molar-refractivity contribution < 1.29 is 13.2 Å². The molecule has 0 bridgehead atoms. The fraction of sp³-hybridized carbons (Fsp3) is 0.462. The third kappa shape index (κ3) is 3.87. The summed E-state index contributed by atoms with van der Waals surface area (Å²) in [4.78, 5) is 13.7. The van der Waals surface area contributed by atoms with Crippen LogP contribution in [0.3, 0.4) is 0 Å². The fourth-order valence-electron chi connectivity index (χ4n) is 2.11. The number of benzene rings is 1. The SMILES string of the molecule is CCS(=O)(=O)N1CCN(C(=O)Nc2ccccc2Cl)CC1. The van der Waals surface area contributed by atoms with E-state index in [-0.39, 0.29) is 11.8 Å². The highest BCUT2D eigenvalue weighted by atomic mass is 35.5. The van der Waals surface area contributed by atoms with Crippen molar-refractivity contribution in [2.24, 2.45) is 0 Å². The van der Waals surface area contributed by atoms with Gasteiger partial charge in [-0.15, -0.1) is 0 Å². The Morgan fingerprint density at radius 2 is 1.86 bits per heavy atom. The summed E-state index contributed by atoms with van der Waals surface area (Å²) in [7, 11) is -3.18. The minimum Gasteiger partial charge on any atom is -0.322 e. The largest absolute Gasteiger partial charge is 0.322 e. The second-order valence-electron chi connectivity index (χ2n) is 4.70. The van der Waals surface area contributed by atoms with Crippen LogP contribution in [0, 0.1) is 0 Å². The Bertz CT molecular complexity index is 613. The molecule has 1 aromatic carbocycles. The second kappa shape index (κ2) is 6.64. The van der Waals surface area contributed by atoms with Crippen molar-refractivity contribution in [1.29, 1.82) is 0 Å². The first-order chi connectivity index (χ1) is 9.94. The van der Waals surface area contributed by atoms with Gasteiger partial charge in [-0.3, -0.25) is 0 Å². The number of para-hydroxylation sites is 1. The van der Waals surface area contributed by atoms with Crippen LogP contribution in [0.1, 0.15) is 6.92 Å². The van der Waals surface area contributed by atoms with Gasteiger partial charge in [-0.1, -0.05) is 23.7 Å². The first kappa shape index (κ1) is 16.1. The highest BCUT2D eigenvalue weighted by Gasteiger charge is 2.27. The summed E-state index contributed by atoms with van der Waals surface area (Å²) in [5.74, 6) is 0.0822. The van der Waals surface area contributed by atoms with E-state index in [0.717, 1.165) is 0 Å². The summed E-state index contributed by atoms with van der Waals surface area (Å²) in [6.45, 7) is 3.01. The summed E-state index contributed by atoms with van der Waals surface area (Å²) in [6, 6.07) is 6.72. The molecule has 6 nitrogen and oxygen atoms in total. The first-order valence-electron chi connectivity index (χ1n) is 6.72. The summed E-state index contributed by atoms with van der Waals surface area (Å²) >= 11 is 5.99. The predicted octanol–water partition coefficient (Wildman–Crippen LogP) is 1.84. The third-order valence-corrected chi connectivity index (χ3v) is 5.61. The molecule has 1 aliphatic heterocycles. The number of hydrogen-bond acceptors (Lipinski definition) is 3. The van der Waals surface area contributed by atoms with E-state index >= 15 is 0 Å². The lowest BCUT2D eigenvalue weighted by molar-refractivity contribution is 0.184. The van der Waals surface area contributed by atoms with E-state index in [2.05, 4.69) is 5.32 Å². The molecule has 2 rings (SSSR count). The van der Waals surface area contributed by atoms with Gasteiger partial charge in [0.05, 0.1) is 16.5 Å². The van der Waals surface area contributed by atoms with Gasteiger partial charge in [0.15, 0.2) is 0 Å². The molecule has 0 unspecified atom stereocenters. The number of rotatable bonds is 3. The monoisotopic (exact) mass is 331 g/mol. The lowest BCUT2D eigenvalue weighted by Gasteiger charge is -2.33. The molecular formula is C13H18ClN3O3S. The van der Waals surface area contributed by atoms with Gasteiger partial charge in [0.1, 0.15) is 0 Å². The van der Waals surface area contributed by atoms with E-state index in [1.54, 1.807) is 36.1 Å². The molecule has 2 amide bonds. The van der Waals surface area contributed by atoms with Gasteiger partial charge >= 0.3 is 6.03 Å². The van der Waals surface area contributed by atoms with Gasteiger partial charge in [0.2, 0.25) is 10.0 Å². The molecule has 0 aromatic heterocycles. The number of halogens is 1. The van der Waals surface area contributed by atoms with Crippen LogP contribution in [-0.4, -0.2) is 55.6 Å². The Labute approximate surface area is 129 Å². The highest BCUT2D eigenvalue weighted by Crippen LogP contribution is 2.21. The third-order valence-electron chi connectivity index (χ3n) is 3.40. The molecule has 1 heterocycles. The maximum atomic E-state index is 12.1. The number of sulfonamides is 1. The first-order valence-corrected chi connectivity index (χ1v) is 8.71. The lowest BCUT2D eigenvalue weighted by Crippen LogP contribution is -2.51. The smallest absolute Gasteiger partial charge is 0.321 e. The van der Waals surface area contributed by atoms with Crippen molar-refractivity contribution in [3.05, 3.63) is 29.3 Å². The number of urea groups is 1. The average Bonchev–Trinajstić information content (AvgIpc) is 2.49. The summed E-state index contributed by atoms with van der Waals surface area (Å²) in [6.07, 6.45) is 0. The van der Waals surface area contributed by atoms with Gasteiger partial charge < -0.3 is 10.2 Å². The molecular weight excluding hydrogens is 314 g/mol. The Kier molecular flexibility index (Phi) is 5.08. The number of hydrogen-bond donors (Lipinski definition) is 1. The Balaban J connectivity index is 1.94. The van der Waals surface area contributed by atoms with Gasteiger partial charge in [-0.2, -0.15) is 4.31 Å². The molecule has 0 atom stereocenters. The molecule has 0 saturated carbocycles. The molecule has 0 radical (unpaired) electrons. The van der Waals surface area contributed by atoms with Gasteiger partial charge in [-0.05, 0) is 19.1 Å². The van der Waals surface area contributed by atoms with Crippen molar-refractivity contribution in [3.63, 3.8) is 0 Å². The zero-order valence-electron chi connectivity index (χ0n) is 11.8. The Morgan fingerprint density at radius 1 is 1.24 bits per heavy atom. The van der Waals surface area contributed by atoms with Crippen molar-refractivity contribution in [2.45, 2.75) is 6.92 Å². The van der Waals surface area contributed by atoms with Crippen LogP contribution < -0.4 is 5.32 Å². The number of carbonyl (C=O) groups excluding carboxylic acids is 1. The molecule has 1 aliphatic rings. The molecule has 0 spiro atoms. The van der Waals surface area contributed by atoms with Gasteiger partial charge in [-0.25, -0.2) is 13.2 Å². The van der Waals surface area contributed by atoms with Crippen LogP contribution in [0.2, 0.25) is 5.02 Å². The predicted molar refractivity (Wildman–Crippen MR) is 83.1 cm³/mol. The van der Waals surface area contributed by atoms with Crippen LogP contribution >= 0.6 is 11.6 Å². The Morgan fingerprint density at radius 3 is 2.43 bits per heavy atom. The van der Waals surface area contributed by atoms with E-state index in [9.17, 15) is 13.2 Å². The minimum absolute atomic E-state index is 0.0822. The molecule has 1 fully saturated rings. The van der Waals surface area contributed by atoms with Crippen LogP contribution in [-0.2, 0) is 10.0 Å². The number of anilines is 1. The van der Waals surface area contributed by atoms with Gasteiger partial charge in [0, 0.05) is 26.2 Å². The van der Waals surface area contributed by atoms with Crippen LogP contribution in [0.15, 0.2) is 24.3 Å². The summed E-state index contributed by atoms with van der Waals surface area (Å²) < 4.78 is 24.9. The molecule has 1 N–H and O–H groups in total. The summed E-state index contributed by atoms with van der Waals surface area (Å²) in [5, 5.41) is 3.20. The molecule has 1 saturated heterocycles. The number of nitrogens with one attached hydrogen (secondary N) is 1. The second-order valence-corrected chi connectivity index (χ2v) is 7.36. The standard InChI is InChI=1S/C13H18ClN3O3S/c1-2-21(19,20)17-9-7-16(8-10-17)13(18)15-12-6-4-3-5-11(12)14/h3-6H,2,7-10H2,1H3,(H,15,18). The number of piperazine rings is 1. The van der Waals surface area contributed by atoms with E-state index < -0.39 is 10.0 Å². The normalized spacial score (nSPS) is 16.8. The van der Waals surface area contributed by atoms with Crippen LogP contribution in [0.5, 0.6) is 0 Å². The van der Waals surface area contributed by atoms with Crippen molar-refractivity contribution in [2.75, 3.05) is 37.2 Å². The molecule has 1 aromatic rings. The van der Waals surface area contributed by atoms with Crippen LogP contribution in [0.4, 0.5) is 10.5 Å². The van der Waals surface area contributed by atoms with Crippen molar-refractivity contribution in [1.82, 2.24) is 9.21 Å². The van der Waals surface area contributed by atoms with E-state index in [1.165, 1.54) is 4.31 Å². The minimum atomic E-state index is -3.18. The quantitative estimate of drug-likeness (QED) is 0.918. The molecule has 8 heteroatoms. The molecule has 21 heavy (non-hydrogen) atoms. The zero-order valence-corrected chi connectivity index (χ0v) is 13.3. The fourth-order valence-corrected chi connectivity index (χ4v) is 3.38. The maximum Gasteiger partial charge on any atom is 0.321 e. The van der Waals surface area contributed by atoms with E-state index in [1.807, 2.05) is 0 Å². The van der Waals surface area contributed by atoms with Crippen molar-refractivity contribution >= 4 is 33.3 Å². The van der Waals surface area contributed by atoms with Crippen LogP contribution in [0.25, 0.3) is 0 Å². The average molecular weight is 332 g/mol. The van der Waals surface area contributed by atoms with Gasteiger partial charge in [0.25, 0.3) is 0 Å².